The summed E-state index contributed by atoms with van der Waals surface area (Å²) in [5, 5.41) is 9.00. The molecule has 0 atom stereocenters. The van der Waals surface area contributed by atoms with Crippen LogP contribution in [0.2, 0.25) is 0 Å². The lowest BCUT2D eigenvalue weighted by molar-refractivity contribution is 0.0766. The van der Waals surface area contributed by atoms with Crippen LogP contribution in [-0.4, -0.2) is 30.5 Å². The van der Waals surface area contributed by atoms with E-state index in [9.17, 15) is 13.2 Å². The van der Waals surface area contributed by atoms with E-state index in [0.717, 1.165) is 0 Å². The molecule has 0 spiro atoms. The van der Waals surface area contributed by atoms with Crippen molar-refractivity contribution in [3.8, 4) is 0 Å². The third kappa shape index (κ3) is 1.56. The Morgan fingerprint density at radius 1 is 1.35 bits per heavy atom. The standard InChI is InChI=1S/C11H13NO4S/c1-7(2)8-4-3-5-9-10(8)11(14)12(6-13)17(9,15)16/h3-5,7,13H,6H2,1-2H3. The Kier molecular flexibility index (Phi) is 2.71. The molecule has 92 valence electrons. The lowest BCUT2D eigenvalue weighted by atomic mass is 9.97. The van der Waals surface area contributed by atoms with E-state index in [-0.39, 0.29) is 16.4 Å². The van der Waals surface area contributed by atoms with Crippen molar-refractivity contribution < 1.29 is 18.3 Å². The summed E-state index contributed by atoms with van der Waals surface area (Å²) in [5.41, 5.74) is 0.878. The molecule has 2 rings (SSSR count). The first-order chi connectivity index (χ1) is 7.91. The SMILES string of the molecule is CC(C)c1cccc2c1C(=O)N(CO)S2(=O)=O. The van der Waals surface area contributed by atoms with Gasteiger partial charge in [0.25, 0.3) is 15.9 Å². The number of carbonyl (C=O) groups is 1. The summed E-state index contributed by atoms with van der Waals surface area (Å²) >= 11 is 0. The second-order valence-corrected chi connectivity index (χ2v) is 6.01. The molecule has 1 heterocycles. The van der Waals surface area contributed by atoms with Gasteiger partial charge in [0, 0.05) is 0 Å². The molecule has 0 unspecified atom stereocenters. The fourth-order valence-electron chi connectivity index (χ4n) is 1.97. The molecule has 6 heteroatoms. The number of aliphatic hydroxyl groups excluding tert-OH is 1. The van der Waals surface area contributed by atoms with Crippen molar-refractivity contribution >= 4 is 15.9 Å². The Bertz CT molecular complexity index is 577. The Labute approximate surface area is 99.7 Å². The van der Waals surface area contributed by atoms with E-state index in [4.69, 9.17) is 5.11 Å². The average molecular weight is 255 g/mol. The molecule has 0 saturated carbocycles. The molecule has 1 aliphatic rings. The summed E-state index contributed by atoms with van der Waals surface area (Å²) in [7, 11) is -3.87. The van der Waals surface area contributed by atoms with E-state index in [1.54, 1.807) is 12.1 Å². The molecule has 0 aliphatic carbocycles. The number of carbonyl (C=O) groups excluding carboxylic acids is 1. The van der Waals surface area contributed by atoms with Gasteiger partial charge in [-0.25, -0.2) is 12.7 Å². The highest BCUT2D eigenvalue weighted by Crippen LogP contribution is 2.34. The summed E-state index contributed by atoms with van der Waals surface area (Å²) in [6.45, 7) is 2.95. The molecule has 1 aromatic rings. The Morgan fingerprint density at radius 2 is 2.00 bits per heavy atom. The van der Waals surface area contributed by atoms with E-state index in [2.05, 4.69) is 0 Å². The van der Waals surface area contributed by atoms with E-state index >= 15 is 0 Å². The highest BCUT2D eigenvalue weighted by molar-refractivity contribution is 7.90. The minimum absolute atomic E-state index is 0.0113. The zero-order chi connectivity index (χ0) is 12.8. The van der Waals surface area contributed by atoms with Crippen molar-refractivity contribution in [3.63, 3.8) is 0 Å². The molecule has 1 aliphatic heterocycles. The first-order valence-electron chi connectivity index (χ1n) is 5.22. The van der Waals surface area contributed by atoms with Gasteiger partial charge in [-0.1, -0.05) is 26.0 Å². The summed E-state index contributed by atoms with van der Waals surface area (Å²) in [4.78, 5) is 11.9. The number of nitrogens with zero attached hydrogens (tertiary/aromatic N) is 1. The lowest BCUT2D eigenvalue weighted by Crippen LogP contribution is -2.30. The number of hydrogen-bond acceptors (Lipinski definition) is 4. The zero-order valence-corrected chi connectivity index (χ0v) is 10.4. The minimum Gasteiger partial charge on any atom is -0.375 e. The molecule has 0 fully saturated rings. The van der Waals surface area contributed by atoms with Crippen LogP contribution in [0.5, 0.6) is 0 Å². The quantitative estimate of drug-likeness (QED) is 0.852. The van der Waals surface area contributed by atoms with Crippen molar-refractivity contribution in [2.24, 2.45) is 0 Å². The number of aliphatic hydroxyl groups is 1. The highest BCUT2D eigenvalue weighted by atomic mass is 32.2. The zero-order valence-electron chi connectivity index (χ0n) is 9.54. The Morgan fingerprint density at radius 3 is 2.53 bits per heavy atom. The van der Waals surface area contributed by atoms with Crippen LogP contribution in [-0.2, 0) is 10.0 Å². The normalized spacial score (nSPS) is 17.6. The van der Waals surface area contributed by atoms with E-state index in [1.165, 1.54) is 6.07 Å². The van der Waals surface area contributed by atoms with Gasteiger partial charge in [-0.05, 0) is 17.5 Å². The number of fused-ring (bicyclic) bond motifs is 1. The lowest BCUT2D eigenvalue weighted by Gasteiger charge is -2.10. The van der Waals surface area contributed by atoms with Gasteiger partial charge in [0.2, 0.25) is 0 Å². The van der Waals surface area contributed by atoms with Crippen LogP contribution in [0.3, 0.4) is 0 Å². The fourth-order valence-corrected chi connectivity index (χ4v) is 3.38. The largest absolute Gasteiger partial charge is 0.375 e. The predicted octanol–water partition coefficient (Wildman–Crippen LogP) is 0.904. The van der Waals surface area contributed by atoms with Crippen LogP contribution < -0.4 is 0 Å². The number of amides is 1. The minimum atomic E-state index is -3.87. The average Bonchev–Trinajstić information content (AvgIpc) is 2.46. The van der Waals surface area contributed by atoms with Crippen LogP contribution in [0.15, 0.2) is 23.1 Å². The molecule has 5 nitrogen and oxygen atoms in total. The van der Waals surface area contributed by atoms with E-state index < -0.39 is 22.7 Å². The van der Waals surface area contributed by atoms with Gasteiger partial charge >= 0.3 is 0 Å². The molecule has 0 saturated heterocycles. The maximum Gasteiger partial charge on any atom is 0.271 e. The van der Waals surface area contributed by atoms with Gasteiger partial charge in [-0.3, -0.25) is 4.79 Å². The maximum absolute atomic E-state index is 12.0. The number of rotatable bonds is 2. The predicted molar refractivity (Wildman–Crippen MR) is 61.0 cm³/mol. The number of hydrogen-bond donors (Lipinski definition) is 1. The molecule has 0 radical (unpaired) electrons. The third-order valence-electron chi connectivity index (χ3n) is 2.82. The molecular formula is C11H13NO4S. The Balaban J connectivity index is 2.77. The third-order valence-corrected chi connectivity index (χ3v) is 4.57. The fraction of sp³-hybridized carbons (Fsp3) is 0.364. The van der Waals surface area contributed by atoms with Gasteiger partial charge in [0.05, 0.1) is 5.56 Å². The van der Waals surface area contributed by atoms with E-state index in [0.29, 0.717) is 9.87 Å². The van der Waals surface area contributed by atoms with Crippen molar-refractivity contribution in [1.82, 2.24) is 4.31 Å². The summed E-state index contributed by atoms with van der Waals surface area (Å²) in [6, 6.07) is 4.74. The van der Waals surface area contributed by atoms with Gasteiger partial charge in [-0.2, -0.15) is 0 Å². The van der Waals surface area contributed by atoms with Crippen molar-refractivity contribution in [3.05, 3.63) is 29.3 Å². The Hall–Kier alpha value is -1.40. The van der Waals surface area contributed by atoms with Crippen LogP contribution in [0.4, 0.5) is 0 Å². The van der Waals surface area contributed by atoms with Gasteiger partial charge in [0.1, 0.15) is 11.6 Å². The van der Waals surface area contributed by atoms with Crippen molar-refractivity contribution in [2.45, 2.75) is 24.7 Å². The van der Waals surface area contributed by atoms with E-state index in [1.807, 2.05) is 13.8 Å². The first-order valence-corrected chi connectivity index (χ1v) is 6.66. The van der Waals surface area contributed by atoms with Crippen molar-refractivity contribution in [1.29, 1.82) is 0 Å². The second-order valence-electron chi connectivity index (χ2n) is 4.18. The molecule has 0 aromatic heterocycles. The van der Waals surface area contributed by atoms with Crippen LogP contribution in [0.25, 0.3) is 0 Å². The summed E-state index contributed by atoms with van der Waals surface area (Å²) in [6.07, 6.45) is 0. The van der Waals surface area contributed by atoms with Gasteiger partial charge in [0.15, 0.2) is 0 Å². The topological polar surface area (TPSA) is 74.7 Å². The summed E-state index contributed by atoms with van der Waals surface area (Å²) in [5.74, 6) is -0.602. The maximum atomic E-state index is 12.0. The monoisotopic (exact) mass is 255 g/mol. The second kappa shape index (κ2) is 3.82. The summed E-state index contributed by atoms with van der Waals surface area (Å²) < 4.78 is 24.4. The van der Waals surface area contributed by atoms with Crippen LogP contribution >= 0.6 is 0 Å². The molecule has 17 heavy (non-hydrogen) atoms. The van der Waals surface area contributed by atoms with Crippen LogP contribution in [0.1, 0.15) is 35.7 Å². The highest BCUT2D eigenvalue weighted by Gasteiger charge is 2.42. The molecule has 1 N–H and O–H groups in total. The van der Waals surface area contributed by atoms with Crippen LogP contribution in [0, 0.1) is 0 Å². The van der Waals surface area contributed by atoms with Gasteiger partial charge < -0.3 is 5.11 Å². The number of benzene rings is 1. The molecular weight excluding hydrogens is 242 g/mol. The molecule has 1 amide bonds. The van der Waals surface area contributed by atoms with Gasteiger partial charge in [-0.15, -0.1) is 0 Å². The van der Waals surface area contributed by atoms with Crippen molar-refractivity contribution in [2.75, 3.05) is 6.73 Å². The molecule has 1 aromatic carbocycles. The first kappa shape index (κ1) is 12.1. The number of sulfonamides is 1. The molecule has 0 bridgehead atoms. The smallest absolute Gasteiger partial charge is 0.271 e.